The fourth-order valence-corrected chi connectivity index (χ4v) is 3.63. The van der Waals surface area contributed by atoms with Gasteiger partial charge < -0.3 is 10.4 Å². The van der Waals surface area contributed by atoms with E-state index in [1.807, 2.05) is 0 Å². The van der Waals surface area contributed by atoms with E-state index in [2.05, 4.69) is 15.6 Å². The molecule has 9 heteroatoms. The van der Waals surface area contributed by atoms with E-state index in [4.69, 9.17) is 16.7 Å². The molecule has 1 aliphatic carbocycles. The number of hydrogen-bond donors (Lipinski definition) is 2. The van der Waals surface area contributed by atoms with Gasteiger partial charge in [-0.1, -0.05) is 41.8 Å². The fraction of sp³-hybridized carbons (Fsp3) is 0.412. The summed E-state index contributed by atoms with van der Waals surface area (Å²) in [7, 11) is 0. The molecule has 1 aromatic carbocycles. The minimum atomic E-state index is -1.21. The Morgan fingerprint density at radius 1 is 1.35 bits per heavy atom. The molecular formula is C17H18ClFN4O3. The number of hydrogen-bond acceptors (Lipinski definition) is 4. The number of aromatic carboxylic acids is 1. The number of aromatic nitrogens is 3. The van der Waals surface area contributed by atoms with Crippen molar-refractivity contribution in [2.45, 2.75) is 37.6 Å². The van der Waals surface area contributed by atoms with Crippen molar-refractivity contribution in [1.82, 2.24) is 20.3 Å². The first kappa shape index (κ1) is 18.3. The monoisotopic (exact) mass is 380 g/mol. The lowest BCUT2D eigenvalue weighted by Gasteiger charge is -2.30. The summed E-state index contributed by atoms with van der Waals surface area (Å²) in [6.07, 6.45) is 4.61. The predicted octanol–water partition coefficient (Wildman–Crippen LogP) is 2.40. The maximum atomic E-state index is 14.5. The number of carbonyl (C=O) groups excluding carboxylic acids is 1. The van der Waals surface area contributed by atoms with Gasteiger partial charge in [0.05, 0.1) is 11.2 Å². The van der Waals surface area contributed by atoms with Gasteiger partial charge in [-0.2, -0.15) is 0 Å². The van der Waals surface area contributed by atoms with Crippen LogP contribution in [0.1, 0.15) is 41.7 Å². The zero-order valence-corrected chi connectivity index (χ0v) is 14.7. The van der Waals surface area contributed by atoms with Gasteiger partial charge in [0.2, 0.25) is 5.91 Å². The van der Waals surface area contributed by atoms with Crippen molar-refractivity contribution in [2.75, 3.05) is 6.54 Å². The van der Waals surface area contributed by atoms with E-state index < -0.39 is 17.2 Å². The summed E-state index contributed by atoms with van der Waals surface area (Å²) in [5.74, 6) is -1.99. The molecule has 7 nitrogen and oxygen atoms in total. The van der Waals surface area contributed by atoms with E-state index >= 15 is 0 Å². The summed E-state index contributed by atoms with van der Waals surface area (Å²) >= 11 is 5.92. The molecule has 0 radical (unpaired) electrons. The topological polar surface area (TPSA) is 97.1 Å². The number of carboxylic acid groups (broad SMARTS) is 1. The highest BCUT2D eigenvalue weighted by molar-refractivity contribution is 6.30. The van der Waals surface area contributed by atoms with Crippen LogP contribution in [0.2, 0.25) is 5.02 Å². The maximum absolute atomic E-state index is 14.5. The predicted molar refractivity (Wildman–Crippen MR) is 91.5 cm³/mol. The molecule has 0 aliphatic heterocycles. The normalized spacial score (nSPS) is 15.8. The van der Waals surface area contributed by atoms with E-state index in [1.165, 1.54) is 12.3 Å². The van der Waals surface area contributed by atoms with Gasteiger partial charge >= 0.3 is 5.97 Å². The highest BCUT2D eigenvalue weighted by Crippen LogP contribution is 2.42. The molecule has 0 bridgehead atoms. The summed E-state index contributed by atoms with van der Waals surface area (Å²) in [5.41, 5.74) is -0.193. The Morgan fingerprint density at radius 2 is 2.08 bits per heavy atom. The van der Waals surface area contributed by atoms with Gasteiger partial charge in [-0.05, 0) is 24.5 Å². The lowest BCUT2D eigenvalue weighted by atomic mass is 9.78. The van der Waals surface area contributed by atoms with Gasteiger partial charge in [0.25, 0.3) is 0 Å². The molecule has 138 valence electrons. The number of nitrogens with zero attached hydrogens (tertiary/aromatic N) is 3. The first-order valence-corrected chi connectivity index (χ1v) is 8.64. The van der Waals surface area contributed by atoms with Crippen LogP contribution in [0.15, 0.2) is 24.4 Å². The highest BCUT2D eigenvalue weighted by atomic mass is 35.5. The zero-order valence-electron chi connectivity index (χ0n) is 13.9. The number of carbonyl (C=O) groups is 2. The molecule has 3 rings (SSSR count). The Morgan fingerprint density at radius 3 is 2.73 bits per heavy atom. The third kappa shape index (κ3) is 3.70. The van der Waals surface area contributed by atoms with Crippen molar-refractivity contribution >= 4 is 23.5 Å². The highest BCUT2D eigenvalue weighted by Gasteiger charge is 2.38. The molecule has 26 heavy (non-hydrogen) atoms. The standard InChI is InChI=1S/C17H18ClFN4O3/c18-12-5-3-4-11(15(12)19)17(6-1-2-7-17)10-20-14(24)9-23-8-13(16(25)26)21-22-23/h3-5,8H,1-2,6-7,9-10H2,(H,20,24)(H,25,26). The third-order valence-corrected chi connectivity index (χ3v) is 5.06. The van der Waals surface area contributed by atoms with Crippen molar-refractivity contribution in [2.24, 2.45) is 0 Å². The lowest BCUT2D eigenvalue weighted by molar-refractivity contribution is -0.122. The lowest BCUT2D eigenvalue weighted by Crippen LogP contribution is -2.41. The molecule has 0 atom stereocenters. The van der Waals surface area contributed by atoms with E-state index in [-0.39, 0.29) is 29.7 Å². The van der Waals surface area contributed by atoms with Gasteiger partial charge in [-0.3, -0.25) is 4.79 Å². The number of nitrogens with one attached hydrogen (secondary N) is 1. The van der Waals surface area contributed by atoms with Gasteiger partial charge in [0.15, 0.2) is 5.69 Å². The van der Waals surface area contributed by atoms with Crippen molar-refractivity contribution in [3.05, 3.63) is 46.5 Å². The molecule has 0 spiro atoms. The fourth-order valence-electron chi connectivity index (χ4n) is 3.45. The molecule has 1 aliphatic rings. The van der Waals surface area contributed by atoms with Crippen LogP contribution in [-0.4, -0.2) is 38.5 Å². The summed E-state index contributed by atoms with van der Waals surface area (Å²) in [5, 5.41) is 18.8. The Labute approximate surface area is 154 Å². The summed E-state index contributed by atoms with van der Waals surface area (Å²) in [4.78, 5) is 23.0. The minimum absolute atomic E-state index is 0.0731. The molecule has 2 aromatic rings. The Kier molecular flexibility index (Phi) is 5.22. The van der Waals surface area contributed by atoms with Gasteiger partial charge in [-0.25, -0.2) is 13.9 Å². The maximum Gasteiger partial charge on any atom is 0.358 e. The molecule has 1 fully saturated rings. The summed E-state index contributed by atoms with van der Waals surface area (Å²) in [6, 6.07) is 4.94. The van der Waals surface area contributed by atoms with Gasteiger partial charge in [0, 0.05) is 12.0 Å². The average Bonchev–Trinajstić information content (AvgIpc) is 3.26. The second kappa shape index (κ2) is 7.41. The van der Waals surface area contributed by atoms with E-state index in [0.717, 1.165) is 30.4 Å². The van der Waals surface area contributed by atoms with Crippen LogP contribution in [0.25, 0.3) is 0 Å². The first-order valence-electron chi connectivity index (χ1n) is 8.26. The van der Waals surface area contributed by atoms with Crippen LogP contribution in [0.4, 0.5) is 4.39 Å². The molecule has 0 unspecified atom stereocenters. The van der Waals surface area contributed by atoms with E-state index in [0.29, 0.717) is 5.56 Å². The number of carboxylic acids is 1. The quantitative estimate of drug-likeness (QED) is 0.802. The second-order valence-corrected chi connectivity index (χ2v) is 6.88. The van der Waals surface area contributed by atoms with Crippen LogP contribution in [0.5, 0.6) is 0 Å². The number of halogens is 2. The largest absolute Gasteiger partial charge is 0.476 e. The minimum Gasteiger partial charge on any atom is -0.476 e. The second-order valence-electron chi connectivity index (χ2n) is 6.47. The van der Waals surface area contributed by atoms with Crippen molar-refractivity contribution in [3.8, 4) is 0 Å². The smallest absolute Gasteiger partial charge is 0.358 e. The van der Waals surface area contributed by atoms with Crippen molar-refractivity contribution in [1.29, 1.82) is 0 Å². The summed E-state index contributed by atoms with van der Waals surface area (Å²) in [6.45, 7) is 0.123. The van der Waals surface area contributed by atoms with Crippen molar-refractivity contribution < 1.29 is 19.1 Å². The van der Waals surface area contributed by atoms with Crippen molar-refractivity contribution in [3.63, 3.8) is 0 Å². The van der Waals surface area contributed by atoms with Gasteiger partial charge in [0.1, 0.15) is 12.4 Å². The van der Waals surface area contributed by atoms with Crippen LogP contribution in [-0.2, 0) is 16.8 Å². The molecule has 1 saturated carbocycles. The molecule has 1 aromatic heterocycles. The van der Waals surface area contributed by atoms with E-state index in [9.17, 15) is 14.0 Å². The SMILES string of the molecule is O=C(Cn1cc(C(=O)O)nn1)NCC1(c2cccc(Cl)c2F)CCCC1. The molecule has 1 heterocycles. The molecule has 0 saturated heterocycles. The van der Waals surface area contributed by atoms with Crippen LogP contribution < -0.4 is 5.32 Å². The number of rotatable bonds is 6. The molecule has 2 N–H and O–H groups in total. The van der Waals surface area contributed by atoms with E-state index in [1.54, 1.807) is 12.1 Å². The molecular weight excluding hydrogens is 363 g/mol. The Hall–Kier alpha value is -2.48. The number of benzene rings is 1. The van der Waals surface area contributed by atoms with Crippen LogP contribution >= 0.6 is 11.6 Å². The summed E-state index contributed by atoms with van der Waals surface area (Å²) < 4.78 is 15.7. The van der Waals surface area contributed by atoms with Crippen LogP contribution in [0, 0.1) is 5.82 Å². The average molecular weight is 381 g/mol. The molecule has 1 amide bonds. The van der Waals surface area contributed by atoms with Gasteiger partial charge in [-0.15, -0.1) is 5.10 Å². The first-order chi connectivity index (χ1) is 12.4. The Balaban J connectivity index is 1.69. The van der Waals surface area contributed by atoms with Crippen LogP contribution in [0.3, 0.4) is 0 Å². The zero-order chi connectivity index (χ0) is 18.7. The number of amides is 1. The third-order valence-electron chi connectivity index (χ3n) is 4.77. The Bertz CT molecular complexity index is 833.